The van der Waals surface area contributed by atoms with Gasteiger partial charge in [0.05, 0.1) is 0 Å². The standard InChI is InChI=1S/C14H26N6S/c1-4-13-19-17-10-20(13)8-7-16-14(15-2)18-11-5-6-12(9-11)21-3/h10-12H,4-9H2,1-3H3,(H2,15,16,18). The van der Waals surface area contributed by atoms with Crippen LogP contribution in [-0.4, -0.2) is 51.9 Å². The van der Waals surface area contributed by atoms with Crippen molar-refractivity contribution in [1.82, 2.24) is 25.4 Å². The first kappa shape index (κ1) is 16.1. The minimum atomic E-state index is 0.551. The van der Waals surface area contributed by atoms with Gasteiger partial charge in [-0.05, 0) is 25.5 Å². The molecule has 1 fully saturated rings. The van der Waals surface area contributed by atoms with E-state index in [1.165, 1.54) is 19.3 Å². The van der Waals surface area contributed by atoms with Gasteiger partial charge in [0, 0.05) is 37.8 Å². The highest BCUT2D eigenvalue weighted by Crippen LogP contribution is 2.27. The highest BCUT2D eigenvalue weighted by atomic mass is 32.2. The zero-order chi connectivity index (χ0) is 15.1. The van der Waals surface area contributed by atoms with Gasteiger partial charge in [-0.25, -0.2) is 0 Å². The van der Waals surface area contributed by atoms with Crippen LogP contribution in [0.25, 0.3) is 0 Å². The normalized spacial score (nSPS) is 22.5. The van der Waals surface area contributed by atoms with Crippen LogP contribution in [0, 0.1) is 0 Å². The molecule has 1 aliphatic rings. The van der Waals surface area contributed by atoms with Crippen molar-refractivity contribution >= 4 is 17.7 Å². The second-order valence-electron chi connectivity index (χ2n) is 5.31. The molecule has 2 N–H and O–H groups in total. The Hall–Kier alpha value is -1.24. The summed E-state index contributed by atoms with van der Waals surface area (Å²) in [5.74, 6) is 1.92. The summed E-state index contributed by atoms with van der Waals surface area (Å²) in [5.41, 5.74) is 0. The molecule has 0 spiro atoms. The number of nitrogens with zero attached hydrogens (tertiary/aromatic N) is 4. The fraction of sp³-hybridized carbons (Fsp3) is 0.786. The fourth-order valence-electron chi connectivity index (χ4n) is 2.71. The van der Waals surface area contributed by atoms with Gasteiger partial charge in [0.25, 0.3) is 0 Å². The third-order valence-corrected chi connectivity index (χ3v) is 5.03. The molecular weight excluding hydrogens is 284 g/mol. The van der Waals surface area contributed by atoms with Crippen molar-refractivity contribution in [2.75, 3.05) is 19.8 Å². The van der Waals surface area contributed by atoms with Gasteiger partial charge in [-0.3, -0.25) is 4.99 Å². The van der Waals surface area contributed by atoms with Crippen LogP contribution in [0.15, 0.2) is 11.3 Å². The summed E-state index contributed by atoms with van der Waals surface area (Å²) in [7, 11) is 1.83. The van der Waals surface area contributed by atoms with E-state index < -0.39 is 0 Å². The number of rotatable bonds is 6. The molecule has 0 radical (unpaired) electrons. The lowest BCUT2D eigenvalue weighted by molar-refractivity contribution is 0.595. The molecule has 0 bridgehead atoms. The van der Waals surface area contributed by atoms with Crippen LogP contribution >= 0.6 is 11.8 Å². The quantitative estimate of drug-likeness (QED) is 0.612. The number of aliphatic imine (C=N–C) groups is 1. The maximum atomic E-state index is 4.31. The largest absolute Gasteiger partial charge is 0.355 e. The van der Waals surface area contributed by atoms with E-state index in [1.54, 1.807) is 6.33 Å². The average molecular weight is 310 g/mol. The van der Waals surface area contributed by atoms with E-state index in [9.17, 15) is 0 Å². The van der Waals surface area contributed by atoms with Crippen molar-refractivity contribution in [3.8, 4) is 0 Å². The Labute approximate surface area is 131 Å². The number of aromatic nitrogens is 3. The lowest BCUT2D eigenvalue weighted by atomic mass is 10.2. The summed E-state index contributed by atoms with van der Waals surface area (Å²) in [4.78, 5) is 4.31. The van der Waals surface area contributed by atoms with Crippen molar-refractivity contribution in [3.63, 3.8) is 0 Å². The molecule has 0 saturated heterocycles. The molecule has 0 aliphatic heterocycles. The third-order valence-electron chi connectivity index (χ3n) is 3.94. The van der Waals surface area contributed by atoms with Crippen LogP contribution in [-0.2, 0) is 13.0 Å². The highest BCUT2D eigenvalue weighted by Gasteiger charge is 2.24. The third kappa shape index (κ3) is 4.62. The predicted octanol–water partition coefficient (Wildman–Crippen LogP) is 1.29. The van der Waals surface area contributed by atoms with Crippen molar-refractivity contribution in [2.24, 2.45) is 4.99 Å². The molecule has 1 heterocycles. The molecule has 1 saturated carbocycles. The molecule has 0 aromatic carbocycles. The van der Waals surface area contributed by atoms with Gasteiger partial charge in [0.2, 0.25) is 0 Å². The first-order valence-electron chi connectivity index (χ1n) is 7.63. The minimum absolute atomic E-state index is 0.551. The van der Waals surface area contributed by atoms with E-state index in [0.717, 1.165) is 36.5 Å². The molecule has 1 aromatic heterocycles. The zero-order valence-electron chi connectivity index (χ0n) is 13.2. The molecular formula is C14H26N6S. The predicted molar refractivity (Wildman–Crippen MR) is 88.8 cm³/mol. The summed E-state index contributed by atoms with van der Waals surface area (Å²) >= 11 is 1.97. The summed E-state index contributed by atoms with van der Waals surface area (Å²) in [6, 6.07) is 0.551. The van der Waals surface area contributed by atoms with E-state index in [0.29, 0.717) is 6.04 Å². The van der Waals surface area contributed by atoms with E-state index in [-0.39, 0.29) is 0 Å². The Morgan fingerprint density at radius 3 is 3.05 bits per heavy atom. The molecule has 7 heteroatoms. The zero-order valence-corrected chi connectivity index (χ0v) is 14.0. The Kier molecular flexibility index (Phi) is 6.35. The molecule has 2 unspecified atom stereocenters. The van der Waals surface area contributed by atoms with Crippen LogP contribution in [0.4, 0.5) is 0 Å². The monoisotopic (exact) mass is 310 g/mol. The second-order valence-corrected chi connectivity index (χ2v) is 6.44. The van der Waals surface area contributed by atoms with Crippen LogP contribution < -0.4 is 10.6 Å². The van der Waals surface area contributed by atoms with Gasteiger partial charge < -0.3 is 15.2 Å². The SMILES string of the molecule is CCc1nncn1CCNC(=NC)NC1CCC(SC)C1. The Morgan fingerprint density at radius 1 is 1.52 bits per heavy atom. The molecule has 2 atom stereocenters. The summed E-state index contributed by atoms with van der Waals surface area (Å²) < 4.78 is 2.08. The number of guanidine groups is 1. The van der Waals surface area contributed by atoms with Gasteiger partial charge >= 0.3 is 0 Å². The maximum absolute atomic E-state index is 4.31. The molecule has 21 heavy (non-hydrogen) atoms. The topological polar surface area (TPSA) is 67.1 Å². The van der Waals surface area contributed by atoms with Gasteiger partial charge in [-0.2, -0.15) is 11.8 Å². The smallest absolute Gasteiger partial charge is 0.191 e. The Balaban J connectivity index is 1.73. The second kappa shape index (κ2) is 8.26. The van der Waals surface area contributed by atoms with Crippen molar-refractivity contribution in [3.05, 3.63) is 12.2 Å². The lowest BCUT2D eigenvalue weighted by Crippen LogP contribution is -2.43. The number of aryl methyl sites for hydroxylation is 1. The Bertz CT molecular complexity index is 458. The first-order chi connectivity index (χ1) is 10.3. The van der Waals surface area contributed by atoms with E-state index in [2.05, 4.69) is 43.6 Å². The van der Waals surface area contributed by atoms with Crippen molar-refractivity contribution in [2.45, 2.75) is 50.4 Å². The van der Waals surface area contributed by atoms with Gasteiger partial charge in [0.1, 0.15) is 12.2 Å². The van der Waals surface area contributed by atoms with Gasteiger partial charge in [-0.15, -0.1) is 10.2 Å². The van der Waals surface area contributed by atoms with Crippen LogP contribution in [0.3, 0.4) is 0 Å². The van der Waals surface area contributed by atoms with Crippen molar-refractivity contribution < 1.29 is 0 Å². The molecule has 1 aromatic rings. The molecule has 6 nitrogen and oxygen atoms in total. The van der Waals surface area contributed by atoms with Crippen molar-refractivity contribution in [1.29, 1.82) is 0 Å². The molecule has 1 aliphatic carbocycles. The molecule has 0 amide bonds. The summed E-state index contributed by atoms with van der Waals surface area (Å²) in [6.07, 6.45) is 8.66. The van der Waals surface area contributed by atoms with E-state index in [4.69, 9.17) is 0 Å². The van der Waals surface area contributed by atoms with Crippen LogP contribution in [0.5, 0.6) is 0 Å². The van der Waals surface area contributed by atoms with Gasteiger partial charge in [0.15, 0.2) is 5.96 Å². The first-order valence-corrected chi connectivity index (χ1v) is 8.92. The summed E-state index contributed by atoms with van der Waals surface area (Å²) in [6.45, 7) is 3.77. The Morgan fingerprint density at radius 2 is 2.38 bits per heavy atom. The van der Waals surface area contributed by atoms with Crippen LogP contribution in [0.2, 0.25) is 0 Å². The van der Waals surface area contributed by atoms with Crippen LogP contribution in [0.1, 0.15) is 32.0 Å². The fourth-order valence-corrected chi connectivity index (χ4v) is 3.50. The number of nitrogens with one attached hydrogen (secondary N) is 2. The van der Waals surface area contributed by atoms with Gasteiger partial charge in [-0.1, -0.05) is 6.92 Å². The summed E-state index contributed by atoms with van der Waals surface area (Å²) in [5, 5.41) is 15.7. The number of hydrogen-bond donors (Lipinski definition) is 2. The van der Waals surface area contributed by atoms with E-state index in [1.807, 2.05) is 18.8 Å². The maximum Gasteiger partial charge on any atom is 0.191 e. The molecule has 118 valence electrons. The average Bonchev–Trinajstić information content (AvgIpc) is 3.14. The molecule has 2 rings (SSSR count). The number of hydrogen-bond acceptors (Lipinski definition) is 4. The van der Waals surface area contributed by atoms with E-state index >= 15 is 0 Å². The highest BCUT2D eigenvalue weighted by molar-refractivity contribution is 7.99. The lowest BCUT2D eigenvalue weighted by Gasteiger charge is -2.17. The minimum Gasteiger partial charge on any atom is -0.355 e. The number of thioether (sulfide) groups is 1.